The van der Waals surface area contributed by atoms with E-state index in [2.05, 4.69) is 0 Å². The van der Waals surface area contributed by atoms with Crippen LogP contribution in [-0.4, -0.2) is 19.4 Å². The van der Waals surface area contributed by atoms with E-state index in [1.807, 2.05) is 11.8 Å². The summed E-state index contributed by atoms with van der Waals surface area (Å²) in [4.78, 5) is 12.9. The number of hydrogen-bond acceptors (Lipinski definition) is 2. The third-order valence-corrected chi connectivity index (χ3v) is 3.02. The zero-order valence-electron chi connectivity index (χ0n) is 9.45. The Kier molecular flexibility index (Phi) is 3.22. The molecule has 0 unspecified atom stereocenters. The van der Waals surface area contributed by atoms with E-state index >= 15 is 0 Å². The SMILES string of the molecule is CCN(CC1CC1)c1c(F)cccc1C=O. The van der Waals surface area contributed by atoms with Crippen molar-refractivity contribution in [2.75, 3.05) is 18.0 Å². The maximum Gasteiger partial charge on any atom is 0.152 e. The van der Waals surface area contributed by atoms with Gasteiger partial charge in [-0.2, -0.15) is 0 Å². The minimum Gasteiger partial charge on any atom is -0.369 e. The molecule has 1 saturated carbocycles. The van der Waals surface area contributed by atoms with Crippen LogP contribution in [0.1, 0.15) is 30.1 Å². The molecule has 0 atom stereocenters. The molecule has 0 aromatic heterocycles. The molecule has 1 aliphatic carbocycles. The van der Waals surface area contributed by atoms with E-state index in [9.17, 15) is 9.18 Å². The topological polar surface area (TPSA) is 20.3 Å². The average Bonchev–Trinajstić information content (AvgIpc) is 3.10. The van der Waals surface area contributed by atoms with Crippen LogP contribution in [0.25, 0.3) is 0 Å². The molecule has 86 valence electrons. The number of carbonyl (C=O) groups is 1. The van der Waals surface area contributed by atoms with Crippen molar-refractivity contribution >= 4 is 12.0 Å². The molecule has 1 fully saturated rings. The van der Waals surface area contributed by atoms with Crippen molar-refractivity contribution in [1.82, 2.24) is 0 Å². The van der Waals surface area contributed by atoms with Gasteiger partial charge in [-0.25, -0.2) is 4.39 Å². The van der Waals surface area contributed by atoms with Crippen LogP contribution in [0.2, 0.25) is 0 Å². The summed E-state index contributed by atoms with van der Waals surface area (Å²) < 4.78 is 13.7. The summed E-state index contributed by atoms with van der Waals surface area (Å²) in [6, 6.07) is 4.66. The fourth-order valence-electron chi connectivity index (χ4n) is 1.95. The van der Waals surface area contributed by atoms with Crippen LogP contribution >= 0.6 is 0 Å². The minimum atomic E-state index is -0.299. The molecule has 3 heteroatoms. The van der Waals surface area contributed by atoms with Crippen LogP contribution in [0.3, 0.4) is 0 Å². The number of para-hydroxylation sites is 1. The van der Waals surface area contributed by atoms with Crippen molar-refractivity contribution in [3.8, 4) is 0 Å². The summed E-state index contributed by atoms with van der Waals surface area (Å²) >= 11 is 0. The van der Waals surface area contributed by atoms with Gasteiger partial charge in [-0.3, -0.25) is 4.79 Å². The summed E-state index contributed by atoms with van der Waals surface area (Å²) in [5.74, 6) is 0.381. The van der Waals surface area contributed by atoms with Gasteiger partial charge in [-0.15, -0.1) is 0 Å². The standard InChI is InChI=1S/C13H16FNO/c1-2-15(8-10-6-7-10)13-11(9-16)4-3-5-12(13)14/h3-5,9-10H,2,6-8H2,1H3. The van der Waals surface area contributed by atoms with Crippen molar-refractivity contribution in [3.63, 3.8) is 0 Å². The minimum absolute atomic E-state index is 0.299. The number of carbonyl (C=O) groups excluding carboxylic acids is 1. The zero-order chi connectivity index (χ0) is 11.5. The highest BCUT2D eigenvalue weighted by Gasteiger charge is 2.25. The molecule has 0 radical (unpaired) electrons. The first-order valence-electron chi connectivity index (χ1n) is 5.75. The quantitative estimate of drug-likeness (QED) is 0.712. The second-order valence-electron chi connectivity index (χ2n) is 4.28. The van der Waals surface area contributed by atoms with Crippen LogP contribution < -0.4 is 4.90 Å². The van der Waals surface area contributed by atoms with Gasteiger partial charge in [0.1, 0.15) is 5.82 Å². The van der Waals surface area contributed by atoms with Crippen LogP contribution in [0.4, 0.5) is 10.1 Å². The van der Waals surface area contributed by atoms with Crippen LogP contribution in [0, 0.1) is 11.7 Å². The number of aldehydes is 1. The van der Waals surface area contributed by atoms with Gasteiger partial charge in [-0.05, 0) is 37.8 Å². The van der Waals surface area contributed by atoms with Crippen LogP contribution in [-0.2, 0) is 0 Å². The molecule has 1 aromatic rings. The lowest BCUT2D eigenvalue weighted by atomic mass is 10.1. The van der Waals surface area contributed by atoms with Gasteiger partial charge in [0, 0.05) is 18.7 Å². The van der Waals surface area contributed by atoms with E-state index in [0.29, 0.717) is 17.2 Å². The molecular formula is C13H16FNO. The number of anilines is 1. The lowest BCUT2D eigenvalue weighted by molar-refractivity contribution is 0.112. The highest BCUT2D eigenvalue weighted by molar-refractivity contribution is 5.84. The zero-order valence-corrected chi connectivity index (χ0v) is 9.45. The summed E-state index contributed by atoms with van der Waals surface area (Å²) in [5.41, 5.74) is 0.911. The Balaban J connectivity index is 2.30. The average molecular weight is 221 g/mol. The summed E-state index contributed by atoms with van der Waals surface area (Å²) in [5, 5.41) is 0. The van der Waals surface area contributed by atoms with Crippen LogP contribution in [0.5, 0.6) is 0 Å². The largest absolute Gasteiger partial charge is 0.369 e. The smallest absolute Gasteiger partial charge is 0.152 e. The number of halogens is 1. The summed E-state index contributed by atoms with van der Waals surface area (Å²) in [6.45, 7) is 3.58. The Labute approximate surface area is 95.1 Å². The first-order chi connectivity index (χ1) is 7.76. The van der Waals surface area contributed by atoms with Crippen molar-refractivity contribution in [2.24, 2.45) is 5.92 Å². The van der Waals surface area contributed by atoms with Gasteiger partial charge in [0.15, 0.2) is 6.29 Å². The molecule has 2 rings (SSSR count). The van der Waals surface area contributed by atoms with E-state index in [-0.39, 0.29) is 5.82 Å². The van der Waals surface area contributed by atoms with Gasteiger partial charge < -0.3 is 4.90 Å². The molecule has 0 aliphatic heterocycles. The van der Waals surface area contributed by atoms with E-state index < -0.39 is 0 Å². The lowest BCUT2D eigenvalue weighted by Crippen LogP contribution is -2.27. The molecule has 0 amide bonds. The molecule has 0 N–H and O–H groups in total. The molecule has 0 bridgehead atoms. The monoisotopic (exact) mass is 221 g/mol. The second kappa shape index (κ2) is 4.64. The first-order valence-corrected chi connectivity index (χ1v) is 5.75. The molecule has 16 heavy (non-hydrogen) atoms. The first kappa shape index (κ1) is 11.1. The van der Waals surface area contributed by atoms with Gasteiger partial charge >= 0.3 is 0 Å². The van der Waals surface area contributed by atoms with E-state index in [1.54, 1.807) is 12.1 Å². The number of rotatable bonds is 5. The Morgan fingerprint density at radius 3 is 2.81 bits per heavy atom. The highest BCUT2D eigenvalue weighted by atomic mass is 19.1. The molecule has 2 nitrogen and oxygen atoms in total. The summed E-state index contributed by atoms with van der Waals surface area (Å²) in [7, 11) is 0. The molecule has 0 heterocycles. The van der Waals surface area contributed by atoms with Crippen LogP contribution in [0.15, 0.2) is 18.2 Å². The second-order valence-corrected chi connectivity index (χ2v) is 4.28. The van der Waals surface area contributed by atoms with E-state index in [4.69, 9.17) is 0 Å². The Morgan fingerprint density at radius 1 is 1.50 bits per heavy atom. The normalized spacial score (nSPS) is 14.9. The number of benzene rings is 1. The van der Waals surface area contributed by atoms with Gasteiger partial charge in [0.2, 0.25) is 0 Å². The highest BCUT2D eigenvalue weighted by Crippen LogP contribution is 2.33. The fourth-order valence-corrected chi connectivity index (χ4v) is 1.95. The fraction of sp³-hybridized carbons (Fsp3) is 0.462. The van der Waals surface area contributed by atoms with E-state index in [1.165, 1.54) is 18.9 Å². The van der Waals surface area contributed by atoms with Crippen molar-refractivity contribution in [1.29, 1.82) is 0 Å². The molecule has 0 spiro atoms. The Morgan fingerprint density at radius 2 is 2.25 bits per heavy atom. The Hall–Kier alpha value is -1.38. The predicted molar refractivity (Wildman–Crippen MR) is 62.4 cm³/mol. The molecule has 1 aliphatic rings. The molecule has 1 aromatic carbocycles. The number of hydrogen-bond donors (Lipinski definition) is 0. The summed E-state index contributed by atoms with van der Waals surface area (Å²) in [6.07, 6.45) is 3.18. The lowest BCUT2D eigenvalue weighted by Gasteiger charge is -2.24. The van der Waals surface area contributed by atoms with E-state index in [0.717, 1.165) is 19.4 Å². The third kappa shape index (κ3) is 2.23. The van der Waals surface area contributed by atoms with Gasteiger partial charge in [0.05, 0.1) is 5.69 Å². The maximum atomic E-state index is 13.7. The third-order valence-electron chi connectivity index (χ3n) is 3.02. The predicted octanol–water partition coefficient (Wildman–Crippen LogP) is 2.87. The van der Waals surface area contributed by atoms with Crippen molar-refractivity contribution < 1.29 is 9.18 Å². The number of nitrogens with zero attached hydrogens (tertiary/aromatic N) is 1. The van der Waals surface area contributed by atoms with Crippen molar-refractivity contribution in [2.45, 2.75) is 19.8 Å². The van der Waals surface area contributed by atoms with Crippen molar-refractivity contribution in [3.05, 3.63) is 29.6 Å². The maximum absolute atomic E-state index is 13.7. The molecule has 0 saturated heterocycles. The molecular weight excluding hydrogens is 205 g/mol. The Bertz CT molecular complexity index is 388. The van der Waals surface area contributed by atoms with Gasteiger partial charge in [0.25, 0.3) is 0 Å². The van der Waals surface area contributed by atoms with Gasteiger partial charge in [-0.1, -0.05) is 6.07 Å².